The average Bonchev–Trinajstić information content (AvgIpc) is 2.98. The maximum Gasteiger partial charge on any atom is 0.311 e. The van der Waals surface area contributed by atoms with E-state index < -0.39 is 29.3 Å². The molecule has 2 amide bonds. The first kappa shape index (κ1) is 20.7. The molecule has 0 saturated heterocycles. The number of hydrogen-bond acceptors (Lipinski definition) is 6. The molecule has 1 aromatic heterocycles. The Bertz CT molecular complexity index is 900. The first-order valence-corrected chi connectivity index (χ1v) is 8.56. The van der Waals surface area contributed by atoms with Gasteiger partial charge in [-0.3, -0.25) is 24.3 Å². The molecule has 0 spiro atoms. The molecule has 0 bridgehead atoms. The zero-order chi connectivity index (χ0) is 20.7. The van der Waals surface area contributed by atoms with Crippen molar-refractivity contribution in [2.45, 2.75) is 25.7 Å². The molecule has 10 heteroatoms. The standard InChI is InChI=1S/C18H22N4O6/c1-2-27-16(25)8-13-17(18(26)22-21-13)12(7-14(19)23)10-3-5-11(6-4-10)28-9-15(20)24/h3-6,12H,2,7-9H2,1H3,(H2,19,23)(H2,20,24)(H2,21,22,26)/t12-/m0/s1. The second-order valence-electron chi connectivity index (χ2n) is 6.00. The van der Waals surface area contributed by atoms with Crippen LogP contribution in [0.2, 0.25) is 0 Å². The van der Waals surface area contributed by atoms with Crippen LogP contribution in [0.25, 0.3) is 0 Å². The van der Waals surface area contributed by atoms with Crippen LogP contribution < -0.4 is 21.8 Å². The molecular weight excluding hydrogens is 368 g/mol. The van der Waals surface area contributed by atoms with Gasteiger partial charge in [0, 0.05) is 17.9 Å². The normalized spacial score (nSPS) is 11.6. The molecule has 0 aliphatic heterocycles. The molecule has 0 aliphatic rings. The number of nitrogens with two attached hydrogens (primary N) is 2. The molecule has 2 rings (SSSR count). The third-order valence-electron chi connectivity index (χ3n) is 3.94. The first-order valence-electron chi connectivity index (χ1n) is 8.56. The molecule has 0 unspecified atom stereocenters. The quantitative estimate of drug-likeness (QED) is 0.405. The first-order chi connectivity index (χ1) is 13.3. The molecule has 1 aromatic carbocycles. The maximum absolute atomic E-state index is 12.4. The Morgan fingerprint density at radius 2 is 1.75 bits per heavy atom. The summed E-state index contributed by atoms with van der Waals surface area (Å²) in [5, 5.41) is 5.10. The smallest absolute Gasteiger partial charge is 0.311 e. The Morgan fingerprint density at radius 3 is 2.32 bits per heavy atom. The predicted octanol–water partition coefficient (Wildman–Crippen LogP) is -0.320. The fraction of sp³-hybridized carbons (Fsp3) is 0.333. The fourth-order valence-electron chi connectivity index (χ4n) is 2.81. The molecule has 0 radical (unpaired) electrons. The van der Waals surface area contributed by atoms with E-state index in [4.69, 9.17) is 20.9 Å². The lowest BCUT2D eigenvalue weighted by Crippen LogP contribution is -2.22. The number of primary amides is 2. The summed E-state index contributed by atoms with van der Waals surface area (Å²) < 4.78 is 10.1. The number of aromatic amines is 2. The number of hydrogen-bond donors (Lipinski definition) is 4. The number of ether oxygens (including phenoxy) is 2. The van der Waals surface area contributed by atoms with E-state index in [2.05, 4.69) is 10.2 Å². The summed E-state index contributed by atoms with van der Waals surface area (Å²) in [5.74, 6) is -2.01. The second-order valence-corrected chi connectivity index (χ2v) is 6.00. The van der Waals surface area contributed by atoms with Gasteiger partial charge in [0.25, 0.3) is 11.5 Å². The van der Waals surface area contributed by atoms with Crippen LogP contribution >= 0.6 is 0 Å². The number of rotatable bonds is 10. The van der Waals surface area contributed by atoms with Crippen LogP contribution in [0.3, 0.4) is 0 Å². The summed E-state index contributed by atoms with van der Waals surface area (Å²) in [6.07, 6.45) is -0.296. The predicted molar refractivity (Wildman–Crippen MR) is 98.5 cm³/mol. The van der Waals surface area contributed by atoms with E-state index in [0.29, 0.717) is 17.0 Å². The van der Waals surface area contributed by atoms with E-state index in [9.17, 15) is 19.2 Å². The van der Waals surface area contributed by atoms with Crippen LogP contribution in [0.5, 0.6) is 5.75 Å². The number of amides is 2. The topological polar surface area (TPSA) is 170 Å². The summed E-state index contributed by atoms with van der Waals surface area (Å²) in [6, 6.07) is 6.45. The van der Waals surface area contributed by atoms with Crippen LogP contribution in [-0.2, 0) is 25.5 Å². The number of benzene rings is 1. The SMILES string of the molecule is CCOC(=O)Cc1[nH][nH]c(=O)c1[C@@H](CC(N)=O)c1ccc(OCC(N)=O)cc1. The van der Waals surface area contributed by atoms with Crippen molar-refractivity contribution >= 4 is 17.8 Å². The van der Waals surface area contributed by atoms with Crippen molar-refractivity contribution in [2.24, 2.45) is 11.5 Å². The van der Waals surface area contributed by atoms with E-state index >= 15 is 0 Å². The van der Waals surface area contributed by atoms with Gasteiger partial charge in [-0.2, -0.15) is 0 Å². The van der Waals surface area contributed by atoms with Gasteiger partial charge in [0.2, 0.25) is 5.91 Å². The zero-order valence-electron chi connectivity index (χ0n) is 15.3. The monoisotopic (exact) mass is 390 g/mol. The molecule has 0 fully saturated rings. The fourth-order valence-corrected chi connectivity index (χ4v) is 2.81. The van der Waals surface area contributed by atoms with E-state index in [1.807, 2.05) is 0 Å². The Labute approximate surface area is 160 Å². The van der Waals surface area contributed by atoms with Gasteiger partial charge >= 0.3 is 5.97 Å². The number of carbonyl (C=O) groups excluding carboxylic acids is 3. The maximum atomic E-state index is 12.4. The Kier molecular flexibility index (Phi) is 6.96. The Morgan fingerprint density at radius 1 is 1.07 bits per heavy atom. The van der Waals surface area contributed by atoms with Crippen LogP contribution in [0.15, 0.2) is 29.1 Å². The molecule has 28 heavy (non-hydrogen) atoms. The highest BCUT2D eigenvalue weighted by Gasteiger charge is 2.26. The van der Waals surface area contributed by atoms with Gasteiger partial charge in [0.1, 0.15) is 5.75 Å². The second kappa shape index (κ2) is 9.40. The van der Waals surface area contributed by atoms with Crippen molar-refractivity contribution in [3.63, 3.8) is 0 Å². The van der Waals surface area contributed by atoms with Crippen LogP contribution in [-0.4, -0.2) is 41.2 Å². The minimum atomic E-state index is -0.679. The third kappa shape index (κ3) is 5.47. The lowest BCUT2D eigenvalue weighted by molar-refractivity contribution is -0.142. The van der Waals surface area contributed by atoms with Crippen molar-refractivity contribution < 1.29 is 23.9 Å². The molecule has 150 valence electrons. The van der Waals surface area contributed by atoms with Gasteiger partial charge in [0.15, 0.2) is 6.61 Å². The number of nitrogens with one attached hydrogen (secondary N) is 2. The van der Waals surface area contributed by atoms with E-state index in [1.54, 1.807) is 31.2 Å². The molecule has 0 aliphatic carbocycles. The Hall–Kier alpha value is -3.56. The zero-order valence-corrected chi connectivity index (χ0v) is 15.3. The lowest BCUT2D eigenvalue weighted by Gasteiger charge is -2.16. The van der Waals surface area contributed by atoms with Gasteiger partial charge in [0.05, 0.1) is 18.7 Å². The number of carbonyl (C=O) groups is 3. The van der Waals surface area contributed by atoms with Crippen molar-refractivity contribution in [3.05, 3.63) is 51.4 Å². The van der Waals surface area contributed by atoms with E-state index in [1.165, 1.54) is 0 Å². The summed E-state index contributed by atoms with van der Waals surface area (Å²) in [4.78, 5) is 46.6. The molecule has 1 heterocycles. The van der Waals surface area contributed by atoms with Gasteiger partial charge in [-0.15, -0.1) is 0 Å². The molecule has 6 N–H and O–H groups in total. The van der Waals surface area contributed by atoms with Gasteiger partial charge < -0.3 is 26.0 Å². The third-order valence-corrected chi connectivity index (χ3v) is 3.94. The van der Waals surface area contributed by atoms with Crippen LogP contribution in [0, 0.1) is 0 Å². The molecule has 1 atom stereocenters. The van der Waals surface area contributed by atoms with Gasteiger partial charge in [-0.1, -0.05) is 12.1 Å². The van der Waals surface area contributed by atoms with Crippen LogP contribution in [0.1, 0.15) is 36.1 Å². The highest BCUT2D eigenvalue weighted by Crippen LogP contribution is 2.29. The highest BCUT2D eigenvalue weighted by molar-refractivity contribution is 5.76. The summed E-state index contributed by atoms with van der Waals surface area (Å²) in [6.45, 7) is 1.61. The van der Waals surface area contributed by atoms with E-state index in [0.717, 1.165) is 0 Å². The number of aromatic nitrogens is 2. The van der Waals surface area contributed by atoms with Crippen molar-refractivity contribution in [2.75, 3.05) is 13.2 Å². The Balaban J connectivity index is 2.35. The van der Waals surface area contributed by atoms with Gasteiger partial charge in [-0.05, 0) is 24.6 Å². The summed E-state index contributed by atoms with van der Waals surface area (Å²) >= 11 is 0. The summed E-state index contributed by atoms with van der Waals surface area (Å²) in [5.41, 5.74) is 11.1. The van der Waals surface area contributed by atoms with Crippen molar-refractivity contribution in [3.8, 4) is 5.75 Å². The van der Waals surface area contributed by atoms with Crippen molar-refractivity contribution in [1.82, 2.24) is 10.2 Å². The van der Waals surface area contributed by atoms with Gasteiger partial charge in [-0.25, -0.2) is 0 Å². The molecule has 0 saturated carbocycles. The molecular formula is C18H22N4O6. The van der Waals surface area contributed by atoms with Crippen LogP contribution in [0.4, 0.5) is 0 Å². The lowest BCUT2D eigenvalue weighted by atomic mass is 9.87. The van der Waals surface area contributed by atoms with E-state index in [-0.39, 0.29) is 31.6 Å². The number of H-pyrrole nitrogens is 2. The minimum absolute atomic E-state index is 0.141. The highest BCUT2D eigenvalue weighted by atomic mass is 16.5. The van der Waals surface area contributed by atoms with Crippen molar-refractivity contribution in [1.29, 1.82) is 0 Å². The number of esters is 1. The summed E-state index contributed by atoms with van der Waals surface area (Å²) in [7, 11) is 0. The largest absolute Gasteiger partial charge is 0.484 e. The minimum Gasteiger partial charge on any atom is -0.484 e. The molecule has 10 nitrogen and oxygen atoms in total. The average molecular weight is 390 g/mol. The molecule has 2 aromatic rings.